The van der Waals surface area contributed by atoms with Gasteiger partial charge in [-0.05, 0) is 23.8 Å². The zero-order chi connectivity index (χ0) is 18.2. The Labute approximate surface area is 156 Å². The molecule has 0 aliphatic carbocycles. The Bertz CT molecular complexity index is 812. The van der Waals surface area contributed by atoms with Crippen LogP contribution in [0.1, 0.15) is 37.9 Å². The number of halogens is 1. The number of anilines is 1. The zero-order valence-electron chi connectivity index (χ0n) is 14.5. The normalized spacial score (nSPS) is 17.5. The molecule has 3 rings (SSSR count). The van der Waals surface area contributed by atoms with Crippen LogP contribution < -0.4 is 5.32 Å². The number of carbonyl (C=O) groups is 2. The lowest BCUT2D eigenvalue weighted by Crippen LogP contribution is -2.44. The van der Waals surface area contributed by atoms with Crippen LogP contribution in [-0.2, 0) is 9.59 Å². The van der Waals surface area contributed by atoms with Gasteiger partial charge in [0.05, 0.1) is 6.04 Å². The summed E-state index contributed by atoms with van der Waals surface area (Å²) in [6.07, 6.45) is 0. The Morgan fingerprint density at radius 3 is 2.48 bits per heavy atom. The number of amides is 2. The van der Waals surface area contributed by atoms with Crippen molar-refractivity contribution in [3.63, 3.8) is 0 Å². The van der Waals surface area contributed by atoms with Gasteiger partial charge >= 0.3 is 0 Å². The van der Waals surface area contributed by atoms with E-state index in [9.17, 15) is 9.59 Å². The molecule has 0 spiro atoms. The summed E-state index contributed by atoms with van der Waals surface area (Å²) < 4.78 is 0.909. The van der Waals surface area contributed by atoms with Gasteiger partial charge in [0.2, 0.25) is 11.8 Å². The van der Waals surface area contributed by atoms with Crippen LogP contribution in [0.5, 0.6) is 0 Å². The van der Waals surface area contributed by atoms with Crippen molar-refractivity contribution in [2.45, 2.75) is 26.8 Å². The van der Waals surface area contributed by atoms with Crippen LogP contribution in [0.25, 0.3) is 0 Å². The third-order valence-corrected chi connectivity index (χ3v) is 4.72. The number of rotatable bonds is 1. The van der Waals surface area contributed by atoms with E-state index >= 15 is 0 Å². The van der Waals surface area contributed by atoms with Gasteiger partial charge in [-0.15, -0.1) is 0 Å². The van der Waals surface area contributed by atoms with Gasteiger partial charge < -0.3 is 10.2 Å². The average molecular weight is 401 g/mol. The van der Waals surface area contributed by atoms with Crippen LogP contribution in [0.15, 0.2) is 53.0 Å². The summed E-state index contributed by atoms with van der Waals surface area (Å²) in [5.41, 5.74) is 2.05. The van der Waals surface area contributed by atoms with E-state index in [1.807, 2.05) is 69.3 Å². The first kappa shape index (κ1) is 17.7. The minimum absolute atomic E-state index is 0.0297. The van der Waals surface area contributed by atoms with Gasteiger partial charge in [0.25, 0.3) is 0 Å². The lowest BCUT2D eigenvalue weighted by Gasteiger charge is -2.35. The quantitative estimate of drug-likeness (QED) is 0.772. The maximum atomic E-state index is 13.1. The summed E-state index contributed by atoms with van der Waals surface area (Å²) >= 11 is 3.51. The first-order chi connectivity index (χ1) is 11.8. The third-order valence-electron chi connectivity index (χ3n) is 4.23. The highest BCUT2D eigenvalue weighted by atomic mass is 79.9. The van der Waals surface area contributed by atoms with Gasteiger partial charge in [0, 0.05) is 21.1 Å². The number of carbonyl (C=O) groups excluding carboxylic acids is 2. The molecule has 1 N–H and O–H groups in total. The van der Waals surface area contributed by atoms with Crippen molar-refractivity contribution in [2.75, 3.05) is 11.9 Å². The predicted octanol–water partition coefficient (Wildman–Crippen LogP) is 4.37. The molecule has 0 saturated carbocycles. The van der Waals surface area contributed by atoms with Crippen molar-refractivity contribution in [3.8, 4) is 0 Å². The monoisotopic (exact) mass is 400 g/mol. The highest BCUT2D eigenvalue weighted by Crippen LogP contribution is 2.39. The smallest absolute Gasteiger partial charge is 0.244 e. The number of benzene rings is 2. The molecule has 1 aliphatic heterocycles. The molecular formula is C20H21BrN2O2. The SMILES string of the molecule is CC(C)(C)C(=O)N1CC(=O)Nc2ccc(Br)cc2[C@@H]1c1ccccc1. The second-order valence-electron chi connectivity index (χ2n) is 7.28. The summed E-state index contributed by atoms with van der Waals surface area (Å²) in [6.45, 7) is 5.66. The van der Waals surface area contributed by atoms with E-state index in [2.05, 4.69) is 21.2 Å². The first-order valence-electron chi connectivity index (χ1n) is 8.22. The molecule has 5 heteroatoms. The Balaban J connectivity index is 2.22. The van der Waals surface area contributed by atoms with E-state index in [1.54, 1.807) is 4.90 Å². The summed E-state index contributed by atoms with van der Waals surface area (Å²) in [5.74, 6) is -0.232. The highest BCUT2D eigenvalue weighted by molar-refractivity contribution is 9.10. The molecule has 2 amide bonds. The lowest BCUT2D eigenvalue weighted by atomic mass is 9.90. The summed E-state index contributed by atoms with van der Waals surface area (Å²) in [6, 6.07) is 15.3. The van der Waals surface area contributed by atoms with E-state index in [0.717, 1.165) is 21.3 Å². The van der Waals surface area contributed by atoms with Gasteiger partial charge in [-0.1, -0.05) is 67.0 Å². The molecule has 4 nitrogen and oxygen atoms in total. The van der Waals surface area contributed by atoms with Crippen LogP contribution in [0, 0.1) is 5.41 Å². The molecule has 1 aliphatic rings. The predicted molar refractivity (Wildman–Crippen MR) is 102 cm³/mol. The lowest BCUT2D eigenvalue weighted by molar-refractivity contribution is -0.143. The minimum atomic E-state index is -0.580. The molecule has 0 aromatic heterocycles. The first-order valence-corrected chi connectivity index (χ1v) is 9.02. The minimum Gasteiger partial charge on any atom is -0.324 e. The van der Waals surface area contributed by atoms with Gasteiger partial charge in [-0.25, -0.2) is 0 Å². The molecule has 0 fully saturated rings. The van der Waals surface area contributed by atoms with Crippen molar-refractivity contribution in [1.29, 1.82) is 0 Å². The molecule has 130 valence electrons. The largest absolute Gasteiger partial charge is 0.324 e. The fourth-order valence-electron chi connectivity index (χ4n) is 3.09. The van der Waals surface area contributed by atoms with Gasteiger partial charge in [0.1, 0.15) is 6.54 Å². The maximum Gasteiger partial charge on any atom is 0.244 e. The van der Waals surface area contributed by atoms with E-state index in [0.29, 0.717) is 0 Å². The second kappa shape index (κ2) is 6.64. The summed E-state index contributed by atoms with van der Waals surface area (Å²) in [5, 5.41) is 2.93. The molecule has 25 heavy (non-hydrogen) atoms. The molecule has 0 bridgehead atoms. The molecule has 2 aromatic rings. The van der Waals surface area contributed by atoms with Crippen LogP contribution >= 0.6 is 15.9 Å². The van der Waals surface area contributed by atoms with Crippen molar-refractivity contribution in [1.82, 2.24) is 4.90 Å². The molecule has 0 saturated heterocycles. The van der Waals surface area contributed by atoms with E-state index in [1.165, 1.54) is 0 Å². The van der Waals surface area contributed by atoms with Crippen molar-refractivity contribution < 1.29 is 9.59 Å². The summed E-state index contributed by atoms with van der Waals surface area (Å²) in [7, 11) is 0. The van der Waals surface area contributed by atoms with Crippen LogP contribution in [0.4, 0.5) is 5.69 Å². The standard InChI is InChI=1S/C20H21BrN2O2/c1-20(2,3)19(25)23-12-17(24)22-16-10-9-14(21)11-15(16)18(23)13-7-5-4-6-8-13/h4-11,18H,12H2,1-3H3,(H,22,24)/t18-/m0/s1. The number of nitrogens with one attached hydrogen (secondary N) is 1. The van der Waals surface area contributed by atoms with Gasteiger partial charge in [0.15, 0.2) is 0 Å². The molecule has 1 atom stereocenters. The van der Waals surface area contributed by atoms with E-state index in [4.69, 9.17) is 0 Å². The molecule has 1 heterocycles. The van der Waals surface area contributed by atoms with Crippen molar-refractivity contribution in [3.05, 3.63) is 64.1 Å². The topological polar surface area (TPSA) is 49.4 Å². The Morgan fingerprint density at radius 2 is 1.84 bits per heavy atom. The maximum absolute atomic E-state index is 13.1. The van der Waals surface area contributed by atoms with Crippen molar-refractivity contribution in [2.24, 2.45) is 5.41 Å². The Hall–Kier alpha value is -2.14. The van der Waals surface area contributed by atoms with Gasteiger partial charge in [-0.3, -0.25) is 9.59 Å². The summed E-state index contributed by atoms with van der Waals surface area (Å²) in [4.78, 5) is 27.2. The number of hydrogen-bond donors (Lipinski definition) is 1. The van der Waals surface area contributed by atoms with E-state index < -0.39 is 5.41 Å². The number of fused-ring (bicyclic) bond motifs is 1. The molecule has 0 unspecified atom stereocenters. The molecule has 2 aromatic carbocycles. The fraction of sp³-hybridized carbons (Fsp3) is 0.300. The van der Waals surface area contributed by atoms with Crippen molar-refractivity contribution >= 4 is 33.4 Å². The van der Waals surface area contributed by atoms with Crippen LogP contribution in [0.3, 0.4) is 0 Å². The molecule has 0 radical (unpaired) electrons. The third kappa shape index (κ3) is 3.61. The Morgan fingerprint density at radius 1 is 1.16 bits per heavy atom. The van der Waals surface area contributed by atoms with E-state index in [-0.39, 0.29) is 24.4 Å². The zero-order valence-corrected chi connectivity index (χ0v) is 16.1. The fourth-order valence-corrected chi connectivity index (χ4v) is 3.47. The number of hydrogen-bond acceptors (Lipinski definition) is 2. The van der Waals surface area contributed by atoms with Gasteiger partial charge in [-0.2, -0.15) is 0 Å². The molecular weight excluding hydrogens is 380 g/mol. The number of nitrogens with zero attached hydrogens (tertiary/aromatic N) is 1. The van der Waals surface area contributed by atoms with Crippen LogP contribution in [0.2, 0.25) is 0 Å². The second-order valence-corrected chi connectivity index (χ2v) is 8.19. The van der Waals surface area contributed by atoms with Crippen LogP contribution in [-0.4, -0.2) is 23.3 Å². The highest BCUT2D eigenvalue weighted by Gasteiger charge is 2.37. The Kier molecular flexibility index (Phi) is 4.69. The average Bonchev–Trinajstić information content (AvgIpc) is 2.69.